The highest BCUT2D eigenvalue weighted by atomic mass is 32.2. The van der Waals surface area contributed by atoms with Crippen LogP contribution in [0.4, 0.5) is 13.2 Å². The first-order valence-electron chi connectivity index (χ1n) is 3.78. The fourth-order valence-corrected chi connectivity index (χ4v) is 0.385. The Kier molecular flexibility index (Phi) is 9.61. The van der Waals surface area contributed by atoms with Gasteiger partial charge in [0, 0.05) is 0 Å². The van der Waals surface area contributed by atoms with Crippen LogP contribution in [0.1, 0.15) is 0 Å². The van der Waals surface area contributed by atoms with E-state index in [0.29, 0.717) is 0 Å². The molecule has 0 amide bonds. The Morgan fingerprint density at radius 1 is 1.00 bits per heavy atom. The Morgan fingerprint density at radius 2 is 1.12 bits per heavy atom. The molecule has 0 aliphatic rings. The topological polar surface area (TPSA) is 95.3 Å². The molecule has 0 radical (unpaired) electrons. The largest absolute Gasteiger partial charge is 0.490 e. The minimum atomic E-state index is -5.08. The predicted octanol–water partition coefficient (Wildman–Crippen LogP) is 1.95. The van der Waals surface area contributed by atoms with Crippen molar-refractivity contribution in [2.24, 2.45) is 0 Å². The summed E-state index contributed by atoms with van der Waals surface area (Å²) in [5.41, 5.74) is 0. The maximum Gasteiger partial charge on any atom is 0.490 e. The minimum Gasteiger partial charge on any atom is -0.475 e. The van der Waals surface area contributed by atoms with Gasteiger partial charge in [-0.25, -0.2) is 4.79 Å². The molecule has 96 valence electrons. The lowest BCUT2D eigenvalue weighted by molar-refractivity contribution is -0.192. The van der Waals surface area contributed by atoms with Gasteiger partial charge in [0.05, 0.1) is 0 Å². The van der Waals surface area contributed by atoms with Crippen LogP contribution in [0.2, 0.25) is 0 Å². The van der Waals surface area contributed by atoms with Crippen molar-refractivity contribution in [3.63, 3.8) is 0 Å². The Labute approximate surface area is 96.0 Å². The summed E-state index contributed by atoms with van der Waals surface area (Å²) in [4.78, 5) is 8.90. The molecule has 0 saturated heterocycles. The SMILES string of the molecule is N=S(=O)=O.O=C(O)C(F)(F)F.c1ccccc1. The van der Waals surface area contributed by atoms with Crippen molar-refractivity contribution in [2.75, 3.05) is 0 Å². The smallest absolute Gasteiger partial charge is 0.475 e. The molecule has 1 rings (SSSR count). The van der Waals surface area contributed by atoms with E-state index in [4.69, 9.17) is 23.1 Å². The molecule has 0 bridgehead atoms. The molecule has 0 heterocycles. The van der Waals surface area contributed by atoms with Crippen molar-refractivity contribution in [3.8, 4) is 0 Å². The molecule has 0 atom stereocenters. The number of alkyl halides is 3. The van der Waals surface area contributed by atoms with E-state index in [1.165, 1.54) is 0 Å². The van der Waals surface area contributed by atoms with E-state index in [9.17, 15) is 13.2 Å². The first-order valence-corrected chi connectivity index (χ1v) is 4.86. The highest BCUT2D eigenvalue weighted by Gasteiger charge is 2.38. The molecule has 0 aliphatic carbocycles. The zero-order valence-electron chi connectivity index (χ0n) is 8.18. The van der Waals surface area contributed by atoms with Crippen molar-refractivity contribution >= 4 is 16.5 Å². The van der Waals surface area contributed by atoms with Crippen molar-refractivity contribution in [2.45, 2.75) is 6.18 Å². The standard InChI is InChI=1S/C6H6.C2HF3O2.HNO2S/c1-2-4-6-5-3-1;3-2(4,5)1(6)7;1-4(2)3/h1-6H;(H,6,7);1H. The summed E-state index contributed by atoms with van der Waals surface area (Å²) < 4.78 is 54.6. The van der Waals surface area contributed by atoms with Crippen LogP contribution in [-0.2, 0) is 15.3 Å². The van der Waals surface area contributed by atoms with Gasteiger partial charge in [0.25, 0.3) is 0 Å². The zero-order chi connectivity index (χ0) is 13.9. The fraction of sp³-hybridized carbons (Fsp3) is 0.125. The van der Waals surface area contributed by atoms with E-state index >= 15 is 0 Å². The van der Waals surface area contributed by atoms with E-state index in [1.54, 1.807) is 0 Å². The molecule has 0 fully saturated rings. The molecule has 17 heavy (non-hydrogen) atoms. The molecule has 0 saturated carbocycles. The number of carboxylic acid groups (broad SMARTS) is 1. The second-order valence-electron chi connectivity index (χ2n) is 2.19. The highest BCUT2D eigenvalue weighted by molar-refractivity contribution is 7.60. The maximum atomic E-state index is 10.6. The minimum absolute atomic E-state index is 2.00. The number of carbonyl (C=O) groups is 1. The summed E-state index contributed by atoms with van der Waals surface area (Å²) in [5, 5.41) is 7.12. The van der Waals surface area contributed by atoms with Gasteiger partial charge in [-0.05, 0) is 0 Å². The fourth-order valence-electron chi connectivity index (χ4n) is 0.385. The lowest BCUT2D eigenvalue weighted by Crippen LogP contribution is -2.21. The van der Waals surface area contributed by atoms with Gasteiger partial charge in [0.15, 0.2) is 0 Å². The molecule has 0 unspecified atom stereocenters. The van der Waals surface area contributed by atoms with Gasteiger partial charge in [-0.3, -0.25) is 0 Å². The van der Waals surface area contributed by atoms with Crippen LogP contribution in [0.5, 0.6) is 0 Å². The third kappa shape index (κ3) is 20.2. The van der Waals surface area contributed by atoms with Gasteiger partial charge in [-0.1, -0.05) is 36.4 Å². The van der Waals surface area contributed by atoms with Crippen LogP contribution in [-0.4, -0.2) is 25.7 Å². The number of benzene rings is 1. The molecule has 1 aromatic rings. The normalized spacial score (nSPS) is 8.88. The van der Waals surface area contributed by atoms with E-state index < -0.39 is 22.6 Å². The summed E-state index contributed by atoms with van der Waals surface area (Å²) in [7, 11) is -2.61. The summed E-state index contributed by atoms with van der Waals surface area (Å²) in [6.45, 7) is 0. The summed E-state index contributed by atoms with van der Waals surface area (Å²) in [6, 6.07) is 12.0. The molecule has 0 spiro atoms. The van der Waals surface area contributed by atoms with Gasteiger partial charge in [0.1, 0.15) is 0 Å². The zero-order valence-corrected chi connectivity index (χ0v) is 8.99. The highest BCUT2D eigenvalue weighted by Crippen LogP contribution is 2.13. The van der Waals surface area contributed by atoms with E-state index in [-0.39, 0.29) is 0 Å². The number of halogens is 3. The number of hydrogen-bond donors (Lipinski definition) is 2. The van der Waals surface area contributed by atoms with Crippen molar-refractivity contribution in [3.05, 3.63) is 36.4 Å². The second kappa shape index (κ2) is 9.33. The molecule has 0 aromatic heterocycles. The molecule has 1 aromatic carbocycles. The average Bonchev–Trinajstić information content (AvgIpc) is 2.19. The van der Waals surface area contributed by atoms with Crippen molar-refractivity contribution < 1.29 is 31.5 Å². The molecule has 0 aliphatic heterocycles. The molecule has 9 heteroatoms. The molecule has 5 nitrogen and oxygen atoms in total. The molecule has 2 N–H and O–H groups in total. The Bertz CT molecular complexity index is 381. The summed E-state index contributed by atoms with van der Waals surface area (Å²) in [6.07, 6.45) is -5.08. The predicted molar refractivity (Wildman–Crippen MR) is 51.8 cm³/mol. The van der Waals surface area contributed by atoms with Gasteiger partial charge in [-0.2, -0.15) is 26.4 Å². The maximum absolute atomic E-state index is 10.6. The van der Waals surface area contributed by atoms with Gasteiger partial charge >= 0.3 is 22.6 Å². The van der Waals surface area contributed by atoms with Gasteiger partial charge < -0.3 is 5.11 Å². The van der Waals surface area contributed by atoms with Crippen molar-refractivity contribution in [1.82, 2.24) is 0 Å². The van der Waals surface area contributed by atoms with Crippen LogP contribution < -0.4 is 0 Å². The van der Waals surface area contributed by atoms with Gasteiger partial charge in [-0.15, -0.1) is 0 Å². The van der Waals surface area contributed by atoms with Crippen molar-refractivity contribution in [1.29, 1.82) is 4.78 Å². The monoisotopic (exact) mass is 271 g/mol. The third-order valence-electron chi connectivity index (χ3n) is 0.909. The first kappa shape index (κ1) is 17.5. The lowest BCUT2D eigenvalue weighted by atomic mass is 10.4. The average molecular weight is 271 g/mol. The van der Waals surface area contributed by atoms with Crippen LogP contribution >= 0.6 is 0 Å². The Hall–Kier alpha value is -1.90. The number of carboxylic acids is 1. The summed E-state index contributed by atoms with van der Waals surface area (Å²) >= 11 is 0. The quantitative estimate of drug-likeness (QED) is 0.753. The van der Waals surface area contributed by atoms with E-state index in [1.807, 2.05) is 36.4 Å². The van der Waals surface area contributed by atoms with Crippen LogP contribution in [0.3, 0.4) is 0 Å². The molecular weight excluding hydrogens is 263 g/mol. The lowest BCUT2D eigenvalue weighted by Gasteiger charge is -1.93. The number of nitrogens with one attached hydrogen (secondary N) is 1. The molecular formula is C8H8F3NO4S. The number of hydrogen-bond acceptors (Lipinski definition) is 4. The number of aliphatic carboxylic acids is 1. The Balaban J connectivity index is 0. The van der Waals surface area contributed by atoms with Gasteiger partial charge in [0.2, 0.25) is 0 Å². The van der Waals surface area contributed by atoms with Crippen LogP contribution in [0, 0.1) is 4.78 Å². The Morgan fingerprint density at radius 3 is 1.18 bits per heavy atom. The van der Waals surface area contributed by atoms with Crippen LogP contribution in [0.25, 0.3) is 0 Å². The first-order chi connectivity index (χ1) is 7.68. The van der Waals surface area contributed by atoms with E-state index in [0.717, 1.165) is 0 Å². The number of rotatable bonds is 0. The van der Waals surface area contributed by atoms with Crippen LogP contribution in [0.15, 0.2) is 36.4 Å². The third-order valence-corrected chi connectivity index (χ3v) is 0.909. The second-order valence-corrected chi connectivity index (χ2v) is 2.66. The van der Waals surface area contributed by atoms with E-state index in [2.05, 4.69) is 0 Å². The summed E-state index contributed by atoms with van der Waals surface area (Å²) in [5.74, 6) is -2.76.